The molecule has 0 atom stereocenters. The van der Waals surface area contributed by atoms with Gasteiger partial charge in [-0.05, 0) is 103 Å². The third kappa shape index (κ3) is 11.9. The zero-order valence-corrected chi connectivity index (χ0v) is 40.7. The number of aliphatic imine (C=N–C) groups is 2. The van der Waals surface area contributed by atoms with Crippen molar-refractivity contribution in [2.45, 2.75) is 25.7 Å². The Morgan fingerprint density at radius 3 is 0.930 bits per heavy atom. The Bertz CT molecular complexity index is 3230. The number of hydrogen-bond acceptors (Lipinski definition) is 8. The van der Waals surface area contributed by atoms with E-state index in [4.69, 9.17) is 9.47 Å². The van der Waals surface area contributed by atoms with E-state index in [-0.39, 0.29) is 44.7 Å². The molecular weight excluding hydrogens is 917 g/mol. The summed E-state index contributed by atoms with van der Waals surface area (Å²) >= 11 is 0. The predicted octanol–water partition coefficient (Wildman–Crippen LogP) is 12.7. The molecule has 12 rings (SSSR count). The molecule has 2 aliphatic heterocycles. The van der Waals surface area contributed by atoms with Crippen molar-refractivity contribution >= 4 is 66.9 Å². The molecule has 0 saturated carbocycles. The molecule has 0 amide bonds. The molecule has 2 aliphatic rings. The molecule has 0 unspecified atom stereocenters. The summed E-state index contributed by atoms with van der Waals surface area (Å²) in [7, 11) is 0. The van der Waals surface area contributed by atoms with Gasteiger partial charge in [0.15, 0.2) is 0 Å². The van der Waals surface area contributed by atoms with Crippen LogP contribution in [0.25, 0.3) is 65.3 Å². The van der Waals surface area contributed by atoms with Crippen molar-refractivity contribution in [1.29, 1.82) is 0 Å². The molecule has 9 heteroatoms. The summed E-state index contributed by atoms with van der Waals surface area (Å²) in [5.74, 6) is -0.270. The van der Waals surface area contributed by atoms with Gasteiger partial charge in [0.2, 0.25) is 0 Å². The van der Waals surface area contributed by atoms with E-state index < -0.39 is 0 Å². The van der Waals surface area contributed by atoms with E-state index in [0.717, 1.165) is 80.6 Å². The molecule has 10 aromatic rings. The summed E-state index contributed by atoms with van der Waals surface area (Å²) in [5.41, 5.74) is 5.17. The maximum absolute atomic E-state index is 13.1. The van der Waals surface area contributed by atoms with Gasteiger partial charge in [0.05, 0.1) is 11.4 Å². The Morgan fingerprint density at radius 1 is 0.310 bits per heavy atom. The Morgan fingerprint density at radius 2 is 0.606 bits per heavy atom. The van der Waals surface area contributed by atoms with E-state index >= 15 is 0 Å². The van der Waals surface area contributed by atoms with Crippen molar-refractivity contribution in [3.05, 3.63) is 205 Å². The van der Waals surface area contributed by atoms with E-state index in [1.807, 2.05) is 146 Å². The molecule has 2 fully saturated rings. The Balaban J connectivity index is 0.000000157. The second-order valence-electron chi connectivity index (χ2n) is 16.9. The molecule has 0 spiro atoms. The molecule has 2 saturated heterocycles. The molecule has 8 nitrogen and oxygen atoms in total. The van der Waals surface area contributed by atoms with Gasteiger partial charge in [0, 0.05) is 50.0 Å². The van der Waals surface area contributed by atoms with Gasteiger partial charge in [-0.3, -0.25) is 9.98 Å². The maximum Gasteiger partial charge on any atom is 4.00 e. The first kappa shape index (κ1) is 49.8. The third-order valence-corrected chi connectivity index (χ3v) is 12.3. The van der Waals surface area contributed by atoms with Gasteiger partial charge < -0.3 is 29.9 Å². The van der Waals surface area contributed by atoms with Crippen molar-refractivity contribution in [3.8, 4) is 45.3 Å². The quantitative estimate of drug-likeness (QED) is 0.120. The maximum atomic E-state index is 13.1. The summed E-state index contributed by atoms with van der Waals surface area (Å²) in [4.78, 5) is 9.30. The van der Waals surface area contributed by atoms with Crippen molar-refractivity contribution in [2.24, 2.45) is 9.98 Å². The zero-order chi connectivity index (χ0) is 48.1. The van der Waals surface area contributed by atoms with Crippen LogP contribution in [0.5, 0.6) is 23.0 Å². The second-order valence-corrected chi connectivity index (χ2v) is 16.9. The van der Waals surface area contributed by atoms with E-state index in [2.05, 4.69) is 9.98 Å². The summed E-state index contributed by atoms with van der Waals surface area (Å²) in [6, 6.07) is 59.9. The average Bonchev–Trinajstić information content (AvgIpc) is 4.21. The normalized spacial score (nSPS) is 13.1. The van der Waals surface area contributed by atoms with Gasteiger partial charge in [0.1, 0.15) is 0 Å². The van der Waals surface area contributed by atoms with Gasteiger partial charge in [0.25, 0.3) is 0 Å². The number of ether oxygens (including phenoxy) is 2. The summed E-state index contributed by atoms with van der Waals surface area (Å²) < 4.78 is 9.89. The van der Waals surface area contributed by atoms with Crippen molar-refractivity contribution in [1.82, 2.24) is 0 Å². The van der Waals surface area contributed by atoms with Crippen LogP contribution < -0.4 is 20.4 Å². The predicted molar refractivity (Wildman–Crippen MR) is 279 cm³/mol. The second kappa shape index (κ2) is 24.3. The smallest absolute Gasteiger partial charge is 0.872 e. The first-order valence-electron chi connectivity index (χ1n) is 23.6. The van der Waals surface area contributed by atoms with Crippen molar-refractivity contribution in [3.63, 3.8) is 0 Å². The Hall–Kier alpha value is -7.59. The Labute approximate surface area is 428 Å². The monoisotopic (exact) mass is 966 g/mol. The molecule has 10 aromatic carbocycles. The summed E-state index contributed by atoms with van der Waals surface area (Å²) in [6.07, 6.45) is 8.26. The minimum absolute atomic E-state index is 0. The standard InChI is InChI=1S/2C27H19NO2.2C4H8O.Ti/c2*29-24-12-6-3-9-20(24)17-28-23-15-13-18-7-1-4-10-21(18)26(23)27-22-11-5-2-8-19(22)14-16-25(27)30;2*1-2-4-5-3-1;/h2*1-17,29-30H;2*1-4H2;/q;;;;+4/p-4. The van der Waals surface area contributed by atoms with Crippen LogP contribution in [0.15, 0.2) is 204 Å². The molecular formula is C62H50N2O6Ti. The zero-order valence-electron chi connectivity index (χ0n) is 39.1. The van der Waals surface area contributed by atoms with Crippen LogP contribution in [0.3, 0.4) is 0 Å². The van der Waals surface area contributed by atoms with Gasteiger partial charge >= 0.3 is 21.7 Å². The van der Waals surface area contributed by atoms with Crippen molar-refractivity contribution < 1.29 is 51.6 Å². The number of fused-ring (bicyclic) bond motifs is 4. The Kier molecular flexibility index (Phi) is 17.1. The number of nitrogens with zero attached hydrogens (tertiary/aromatic N) is 2. The van der Waals surface area contributed by atoms with E-state index in [0.29, 0.717) is 33.6 Å². The van der Waals surface area contributed by atoms with E-state index in [1.54, 1.807) is 48.8 Å². The van der Waals surface area contributed by atoms with Crippen molar-refractivity contribution in [2.75, 3.05) is 26.4 Å². The number of rotatable bonds is 6. The molecule has 348 valence electrons. The molecule has 0 radical (unpaired) electrons. The summed E-state index contributed by atoms with van der Waals surface area (Å²) in [6.45, 7) is 4.00. The molecule has 0 bridgehead atoms. The number of para-hydroxylation sites is 2. The van der Waals surface area contributed by atoms with Crippen LogP contribution in [0, 0.1) is 0 Å². The molecule has 0 N–H and O–H groups in total. The van der Waals surface area contributed by atoms with Crippen LogP contribution in [-0.4, -0.2) is 38.9 Å². The largest absolute Gasteiger partial charge is 4.00 e. The minimum Gasteiger partial charge on any atom is -0.872 e. The first-order valence-corrected chi connectivity index (χ1v) is 23.6. The minimum atomic E-state index is -0.0849. The number of hydrogen-bond donors (Lipinski definition) is 0. The average molecular weight is 967 g/mol. The molecule has 0 aromatic heterocycles. The fourth-order valence-corrected chi connectivity index (χ4v) is 8.75. The fourth-order valence-electron chi connectivity index (χ4n) is 8.75. The first-order chi connectivity index (χ1) is 34.4. The van der Waals surface area contributed by atoms with Gasteiger partial charge in [-0.25, -0.2) is 0 Å². The van der Waals surface area contributed by atoms with E-state index in [9.17, 15) is 20.4 Å². The topological polar surface area (TPSA) is 135 Å². The van der Waals surface area contributed by atoms with Crippen LogP contribution in [0.2, 0.25) is 0 Å². The fraction of sp³-hybridized carbons (Fsp3) is 0.129. The third-order valence-electron chi connectivity index (χ3n) is 12.3. The molecule has 2 heterocycles. The molecule has 71 heavy (non-hydrogen) atoms. The van der Waals surface area contributed by atoms with E-state index in [1.165, 1.54) is 37.8 Å². The SMILES string of the molecule is C1CCOC1.C1CCOC1.[O-]c1ccccc1C=Nc1ccc2ccccc2c1-c1c([O-])ccc2ccccc12.[O-]c1ccccc1C=Nc1ccc2ccccc2c1-c1c([O-])ccc2ccccc12.[Ti+4]. The van der Waals surface area contributed by atoms with Crippen LogP contribution in [0.1, 0.15) is 36.8 Å². The van der Waals surface area contributed by atoms with Gasteiger partial charge in [-0.15, -0.1) is 23.0 Å². The van der Waals surface area contributed by atoms with Crippen LogP contribution >= 0.6 is 0 Å². The van der Waals surface area contributed by atoms with Gasteiger partial charge in [-0.1, -0.05) is 182 Å². The summed E-state index contributed by atoms with van der Waals surface area (Å²) in [5, 5.41) is 58.1. The number of benzene rings is 10. The molecule has 0 aliphatic carbocycles. The van der Waals surface area contributed by atoms with Crippen LogP contribution in [-0.2, 0) is 31.2 Å². The van der Waals surface area contributed by atoms with Gasteiger partial charge in [-0.2, -0.15) is 0 Å². The van der Waals surface area contributed by atoms with Crippen LogP contribution in [0.4, 0.5) is 11.4 Å².